The molecule has 25 heavy (non-hydrogen) atoms. The summed E-state index contributed by atoms with van der Waals surface area (Å²) in [4.78, 5) is 23.5. The third-order valence-electron chi connectivity index (χ3n) is 3.12. The molecule has 0 atom stereocenters. The average Bonchev–Trinajstić information content (AvgIpc) is 2.56. The van der Waals surface area contributed by atoms with Gasteiger partial charge in [-0.05, 0) is 71.9 Å². The molecule has 2 aromatic rings. The molecule has 0 saturated carbocycles. The summed E-state index contributed by atoms with van der Waals surface area (Å²) in [5.74, 6) is -1.19. The number of carbonyl (C=O) groups excluding carboxylic acids is 2. The van der Waals surface area contributed by atoms with Crippen LogP contribution in [0.4, 0.5) is 8.78 Å². The minimum Gasteiger partial charge on any atom is -0.282 e. The lowest BCUT2D eigenvalue weighted by Crippen LogP contribution is -1.93. The van der Waals surface area contributed by atoms with E-state index in [1.165, 1.54) is 30.3 Å². The van der Waals surface area contributed by atoms with Crippen LogP contribution in [0.5, 0.6) is 0 Å². The third kappa shape index (κ3) is 4.90. The van der Waals surface area contributed by atoms with E-state index in [9.17, 15) is 18.4 Å². The van der Waals surface area contributed by atoms with Crippen molar-refractivity contribution in [2.45, 2.75) is 16.7 Å². The van der Waals surface area contributed by atoms with Crippen LogP contribution in [0.15, 0.2) is 71.0 Å². The molecule has 0 amide bonds. The monoisotopic (exact) mass is 376 g/mol. The summed E-state index contributed by atoms with van der Waals surface area (Å²) >= 11 is 1.60. The molecule has 2 nitrogen and oxygen atoms in total. The van der Waals surface area contributed by atoms with Gasteiger partial charge >= 0.3 is 0 Å². The second kappa shape index (κ2) is 8.27. The molecule has 0 aliphatic heterocycles. The van der Waals surface area contributed by atoms with Crippen molar-refractivity contribution in [3.05, 3.63) is 72.8 Å². The lowest BCUT2D eigenvalue weighted by Gasteiger charge is -2.08. The van der Waals surface area contributed by atoms with E-state index in [1.807, 2.05) is 0 Å². The Morgan fingerprint density at radius 3 is 2.32 bits per heavy atom. The molecule has 0 spiro atoms. The van der Waals surface area contributed by atoms with Gasteiger partial charge in [-0.1, -0.05) is 25.3 Å². The molecule has 0 unspecified atom stereocenters. The SMILES string of the molecule is C=CC(=O)Sc1ccc(-c2ccc(SC(=O)C(=C)C)cc2F)cc1F. The summed E-state index contributed by atoms with van der Waals surface area (Å²) in [6.45, 7) is 8.46. The van der Waals surface area contributed by atoms with E-state index < -0.39 is 11.6 Å². The van der Waals surface area contributed by atoms with Gasteiger partial charge in [0.05, 0.1) is 4.90 Å². The summed E-state index contributed by atoms with van der Waals surface area (Å²) in [7, 11) is 0. The van der Waals surface area contributed by atoms with Gasteiger partial charge in [0.1, 0.15) is 11.6 Å². The van der Waals surface area contributed by atoms with Crippen LogP contribution in [0.2, 0.25) is 0 Å². The second-order valence-corrected chi connectivity index (χ2v) is 7.17. The Labute approximate surface area is 153 Å². The molecular weight excluding hydrogens is 362 g/mol. The standard InChI is InChI=1S/C19H14F2O2S2/c1-4-18(22)25-17-8-5-12(9-16(17)21)14-7-6-13(10-15(14)20)24-19(23)11(2)3/h4-10H,1-2H2,3H3. The van der Waals surface area contributed by atoms with Gasteiger partial charge in [0.2, 0.25) is 10.2 Å². The molecule has 0 radical (unpaired) electrons. The average molecular weight is 376 g/mol. The van der Waals surface area contributed by atoms with Crippen LogP contribution in [0.25, 0.3) is 11.1 Å². The Kier molecular flexibility index (Phi) is 6.33. The number of rotatable bonds is 5. The number of thioether (sulfide) groups is 2. The van der Waals surface area contributed by atoms with Gasteiger partial charge in [0.15, 0.2) is 0 Å². The Hall–Kier alpha value is -2.18. The quantitative estimate of drug-likeness (QED) is 0.500. The highest BCUT2D eigenvalue weighted by Crippen LogP contribution is 2.31. The molecule has 0 saturated heterocycles. The van der Waals surface area contributed by atoms with E-state index in [0.717, 1.165) is 17.8 Å². The number of hydrogen-bond donors (Lipinski definition) is 0. The summed E-state index contributed by atoms with van der Waals surface area (Å²) in [5, 5.41) is -0.618. The highest BCUT2D eigenvalue weighted by molar-refractivity contribution is 8.14. The Morgan fingerprint density at radius 2 is 1.76 bits per heavy atom. The predicted octanol–water partition coefficient (Wildman–Crippen LogP) is 5.63. The highest BCUT2D eigenvalue weighted by Gasteiger charge is 2.13. The first-order valence-electron chi connectivity index (χ1n) is 7.13. The minimum absolute atomic E-state index is 0.147. The second-order valence-electron chi connectivity index (χ2n) is 5.08. The maximum Gasteiger partial charge on any atom is 0.219 e. The maximum absolute atomic E-state index is 14.3. The van der Waals surface area contributed by atoms with Gasteiger partial charge in [-0.15, -0.1) is 0 Å². The van der Waals surface area contributed by atoms with Crippen LogP contribution < -0.4 is 0 Å². The molecule has 0 heterocycles. The molecular formula is C19H14F2O2S2. The first-order chi connectivity index (χ1) is 11.8. The van der Waals surface area contributed by atoms with E-state index in [2.05, 4.69) is 13.2 Å². The first kappa shape index (κ1) is 19.1. The van der Waals surface area contributed by atoms with Crippen molar-refractivity contribution in [2.75, 3.05) is 0 Å². The molecule has 0 aromatic heterocycles. The first-order valence-corrected chi connectivity index (χ1v) is 8.76. The zero-order chi connectivity index (χ0) is 18.6. The van der Waals surface area contributed by atoms with E-state index in [4.69, 9.17) is 0 Å². The fourth-order valence-corrected chi connectivity index (χ4v) is 3.17. The van der Waals surface area contributed by atoms with Crippen LogP contribution in [-0.2, 0) is 9.59 Å². The Balaban J connectivity index is 2.28. The van der Waals surface area contributed by atoms with Gasteiger partial charge in [0.25, 0.3) is 0 Å². The molecule has 0 aliphatic carbocycles. The third-order valence-corrected chi connectivity index (χ3v) is 5.06. The van der Waals surface area contributed by atoms with Gasteiger partial charge in [-0.25, -0.2) is 8.78 Å². The van der Waals surface area contributed by atoms with E-state index in [1.54, 1.807) is 13.0 Å². The maximum atomic E-state index is 14.3. The van der Waals surface area contributed by atoms with Crippen molar-refractivity contribution < 1.29 is 18.4 Å². The smallest absolute Gasteiger partial charge is 0.219 e. The molecule has 0 fully saturated rings. The van der Waals surface area contributed by atoms with Gasteiger partial charge in [-0.2, -0.15) is 0 Å². The molecule has 6 heteroatoms. The van der Waals surface area contributed by atoms with Crippen molar-refractivity contribution >= 4 is 33.8 Å². The van der Waals surface area contributed by atoms with Crippen molar-refractivity contribution in [1.29, 1.82) is 0 Å². The lowest BCUT2D eigenvalue weighted by molar-refractivity contribution is -0.108. The van der Waals surface area contributed by atoms with E-state index >= 15 is 0 Å². The fourth-order valence-electron chi connectivity index (χ4n) is 1.89. The fraction of sp³-hybridized carbons (Fsp3) is 0.0526. The lowest BCUT2D eigenvalue weighted by atomic mass is 10.1. The topological polar surface area (TPSA) is 34.1 Å². The number of carbonyl (C=O) groups is 2. The van der Waals surface area contributed by atoms with Crippen molar-refractivity contribution in [3.63, 3.8) is 0 Å². The van der Waals surface area contributed by atoms with Gasteiger partial charge in [0, 0.05) is 10.5 Å². The van der Waals surface area contributed by atoms with E-state index in [0.29, 0.717) is 27.8 Å². The summed E-state index contributed by atoms with van der Waals surface area (Å²) in [6.07, 6.45) is 1.10. The number of hydrogen-bond acceptors (Lipinski definition) is 4. The van der Waals surface area contributed by atoms with E-state index in [-0.39, 0.29) is 20.7 Å². The van der Waals surface area contributed by atoms with Crippen LogP contribution in [0, 0.1) is 11.6 Å². The number of benzene rings is 2. The zero-order valence-corrected chi connectivity index (χ0v) is 15.0. The minimum atomic E-state index is -0.618. The van der Waals surface area contributed by atoms with Gasteiger partial charge in [-0.3, -0.25) is 9.59 Å². The highest BCUT2D eigenvalue weighted by atomic mass is 32.2. The molecule has 2 rings (SSSR count). The summed E-state index contributed by atoms with van der Waals surface area (Å²) in [5.41, 5.74) is 0.921. The predicted molar refractivity (Wildman–Crippen MR) is 98.5 cm³/mol. The molecule has 2 aromatic carbocycles. The Morgan fingerprint density at radius 1 is 1.04 bits per heavy atom. The van der Waals surface area contributed by atoms with Crippen LogP contribution in [-0.4, -0.2) is 10.2 Å². The van der Waals surface area contributed by atoms with Gasteiger partial charge < -0.3 is 0 Å². The van der Waals surface area contributed by atoms with Crippen molar-refractivity contribution in [1.82, 2.24) is 0 Å². The molecule has 0 N–H and O–H groups in total. The summed E-state index contributed by atoms with van der Waals surface area (Å²) < 4.78 is 28.5. The number of halogens is 2. The summed E-state index contributed by atoms with van der Waals surface area (Å²) in [6, 6.07) is 8.42. The molecule has 128 valence electrons. The van der Waals surface area contributed by atoms with Crippen LogP contribution >= 0.6 is 23.5 Å². The van der Waals surface area contributed by atoms with Crippen LogP contribution in [0.1, 0.15) is 6.92 Å². The van der Waals surface area contributed by atoms with Crippen LogP contribution in [0.3, 0.4) is 0 Å². The molecule has 0 bridgehead atoms. The molecule has 0 aliphatic rings. The zero-order valence-electron chi connectivity index (χ0n) is 13.3. The Bertz CT molecular complexity index is 876. The van der Waals surface area contributed by atoms with Crippen molar-refractivity contribution in [2.24, 2.45) is 0 Å². The van der Waals surface area contributed by atoms with Crippen molar-refractivity contribution in [3.8, 4) is 11.1 Å². The normalized spacial score (nSPS) is 10.4. The largest absolute Gasteiger partial charge is 0.282 e.